The third-order valence-electron chi connectivity index (χ3n) is 5.15. The van der Waals surface area contributed by atoms with Gasteiger partial charge in [0, 0.05) is 24.2 Å². The number of nitrogens with one attached hydrogen (secondary N) is 2. The number of hydrogen-bond acceptors (Lipinski definition) is 4. The van der Waals surface area contributed by atoms with Gasteiger partial charge in [0.2, 0.25) is 11.8 Å². The van der Waals surface area contributed by atoms with E-state index in [9.17, 15) is 9.59 Å². The second-order valence-electron chi connectivity index (χ2n) is 6.70. The van der Waals surface area contributed by atoms with E-state index in [1.165, 1.54) is 4.90 Å². The predicted molar refractivity (Wildman–Crippen MR) is 98.7 cm³/mol. The number of carbonyl (C=O) groups excluding carboxylic acids is 2. The van der Waals surface area contributed by atoms with Crippen molar-refractivity contribution >= 4 is 30.1 Å². The first kappa shape index (κ1) is 19.4. The lowest BCUT2D eigenvalue weighted by Crippen LogP contribution is -2.38. The van der Waals surface area contributed by atoms with Crippen molar-refractivity contribution in [2.75, 3.05) is 6.54 Å². The number of fused-ring (bicyclic) bond motifs is 1. The lowest BCUT2D eigenvalue weighted by atomic mass is 9.87. The summed E-state index contributed by atoms with van der Waals surface area (Å²) in [5.41, 5.74) is 7.10. The minimum atomic E-state index is -0.340. The largest absolute Gasteiger partial charge is 0.384 e. The van der Waals surface area contributed by atoms with Gasteiger partial charge in [-0.25, -0.2) is 0 Å². The Kier molecular flexibility index (Phi) is 5.85. The number of nitrogens with two attached hydrogens (primary N) is 1. The van der Waals surface area contributed by atoms with E-state index >= 15 is 0 Å². The highest BCUT2D eigenvalue weighted by atomic mass is 35.5. The van der Waals surface area contributed by atoms with E-state index in [1.54, 1.807) is 12.1 Å². The Balaban J connectivity index is 0.00000225. The molecule has 1 aromatic rings. The van der Waals surface area contributed by atoms with E-state index in [0.29, 0.717) is 12.1 Å². The molecule has 4 unspecified atom stereocenters. The third-order valence-corrected chi connectivity index (χ3v) is 5.15. The molecule has 0 aliphatic carbocycles. The van der Waals surface area contributed by atoms with Crippen LogP contribution in [0.25, 0.3) is 0 Å². The van der Waals surface area contributed by atoms with Gasteiger partial charge in [0.25, 0.3) is 0 Å². The average Bonchev–Trinajstić information content (AvgIpc) is 3.03. The number of carbonyl (C=O) groups is 2. The Morgan fingerprint density at radius 1 is 1.20 bits per heavy atom. The molecule has 3 rings (SSSR count). The van der Waals surface area contributed by atoms with Gasteiger partial charge in [-0.2, -0.15) is 0 Å². The van der Waals surface area contributed by atoms with Crippen molar-refractivity contribution in [3.8, 4) is 0 Å². The Hall–Kier alpha value is -1.92. The molecule has 7 heteroatoms. The normalized spacial score (nSPS) is 28.0. The molecule has 2 heterocycles. The summed E-state index contributed by atoms with van der Waals surface area (Å²) >= 11 is 0. The molecule has 136 valence electrons. The topological polar surface area (TPSA) is 99.3 Å². The number of nitrogens with zero attached hydrogens (tertiary/aromatic N) is 1. The van der Waals surface area contributed by atoms with Gasteiger partial charge in [-0.15, -0.1) is 12.4 Å². The molecule has 2 amide bonds. The molecular weight excluding hydrogens is 340 g/mol. The van der Waals surface area contributed by atoms with Crippen molar-refractivity contribution < 1.29 is 9.59 Å². The molecule has 1 aromatic carbocycles. The fraction of sp³-hybridized carbons (Fsp3) is 0.500. The van der Waals surface area contributed by atoms with E-state index in [-0.39, 0.29) is 54.0 Å². The maximum Gasteiger partial charge on any atom is 0.235 e. The maximum atomic E-state index is 12.8. The zero-order chi connectivity index (χ0) is 17.4. The number of amides is 2. The lowest BCUT2D eigenvalue weighted by Gasteiger charge is -2.21. The van der Waals surface area contributed by atoms with Crippen LogP contribution in [0.3, 0.4) is 0 Å². The molecule has 0 saturated carbocycles. The van der Waals surface area contributed by atoms with Crippen LogP contribution in [0.2, 0.25) is 0 Å². The smallest absolute Gasteiger partial charge is 0.235 e. The van der Waals surface area contributed by atoms with Crippen molar-refractivity contribution in [1.82, 2.24) is 10.2 Å². The standard InChI is InChI=1S/C18H24N4O2.ClH/c1-3-4-9-22-17(23)13-10(2)21-15(14(13)18(22)24)11-5-7-12(8-6-11)16(19)20;/h5-8,10,13-15,21H,3-4,9H2,1-2H3,(H3,19,20);1H. The molecular formula is C18H25ClN4O2. The summed E-state index contributed by atoms with van der Waals surface area (Å²) in [6.45, 7) is 4.54. The summed E-state index contributed by atoms with van der Waals surface area (Å²) in [6.07, 6.45) is 1.80. The molecule has 2 fully saturated rings. The van der Waals surface area contributed by atoms with Crippen LogP contribution in [-0.2, 0) is 9.59 Å². The minimum absolute atomic E-state index is 0. The van der Waals surface area contributed by atoms with Crippen molar-refractivity contribution in [3.05, 3.63) is 35.4 Å². The van der Waals surface area contributed by atoms with E-state index in [0.717, 1.165) is 18.4 Å². The zero-order valence-electron chi connectivity index (χ0n) is 14.5. The first-order chi connectivity index (χ1) is 11.5. The molecule has 0 spiro atoms. The number of hydrogen-bond donors (Lipinski definition) is 3. The summed E-state index contributed by atoms with van der Waals surface area (Å²) in [5, 5.41) is 10.9. The lowest BCUT2D eigenvalue weighted by molar-refractivity contribution is -0.140. The minimum Gasteiger partial charge on any atom is -0.384 e. The maximum absolute atomic E-state index is 12.8. The van der Waals surface area contributed by atoms with E-state index in [2.05, 4.69) is 12.2 Å². The Bertz CT molecular complexity index is 676. The van der Waals surface area contributed by atoms with Crippen LogP contribution in [0, 0.1) is 17.2 Å². The van der Waals surface area contributed by atoms with Gasteiger partial charge < -0.3 is 11.1 Å². The summed E-state index contributed by atoms with van der Waals surface area (Å²) in [4.78, 5) is 26.9. The molecule has 0 radical (unpaired) electrons. The van der Waals surface area contributed by atoms with E-state index < -0.39 is 0 Å². The number of unbranched alkanes of at least 4 members (excludes halogenated alkanes) is 1. The molecule has 0 aromatic heterocycles. The van der Waals surface area contributed by atoms with E-state index in [4.69, 9.17) is 11.1 Å². The average molecular weight is 365 g/mol. The molecule has 2 aliphatic heterocycles. The Labute approximate surface area is 154 Å². The van der Waals surface area contributed by atoms with Crippen LogP contribution < -0.4 is 11.1 Å². The second-order valence-corrected chi connectivity index (χ2v) is 6.70. The van der Waals surface area contributed by atoms with Crippen LogP contribution in [0.1, 0.15) is 43.9 Å². The van der Waals surface area contributed by atoms with Gasteiger partial charge in [-0.1, -0.05) is 37.6 Å². The molecule has 2 aliphatic rings. The van der Waals surface area contributed by atoms with Crippen LogP contribution in [0.15, 0.2) is 24.3 Å². The van der Waals surface area contributed by atoms with Gasteiger partial charge in [-0.3, -0.25) is 19.9 Å². The van der Waals surface area contributed by atoms with Crippen LogP contribution in [0.4, 0.5) is 0 Å². The first-order valence-electron chi connectivity index (χ1n) is 8.51. The van der Waals surface area contributed by atoms with Gasteiger partial charge in [0.15, 0.2) is 0 Å². The monoisotopic (exact) mass is 364 g/mol. The van der Waals surface area contributed by atoms with Crippen LogP contribution in [-0.4, -0.2) is 35.1 Å². The Morgan fingerprint density at radius 2 is 1.80 bits per heavy atom. The highest BCUT2D eigenvalue weighted by Crippen LogP contribution is 2.43. The molecule has 0 bridgehead atoms. The summed E-state index contributed by atoms with van der Waals surface area (Å²) in [6, 6.07) is 7.14. The molecule has 4 N–H and O–H groups in total. The van der Waals surface area contributed by atoms with Crippen molar-refractivity contribution in [2.24, 2.45) is 17.6 Å². The molecule has 25 heavy (non-hydrogen) atoms. The highest BCUT2D eigenvalue weighted by Gasteiger charge is 2.57. The van der Waals surface area contributed by atoms with Crippen LogP contribution >= 0.6 is 12.4 Å². The predicted octanol–water partition coefficient (Wildman–Crippen LogP) is 1.83. The van der Waals surface area contributed by atoms with Gasteiger partial charge in [-0.05, 0) is 18.9 Å². The third kappa shape index (κ3) is 3.28. The number of likely N-dealkylation sites (tertiary alicyclic amines) is 1. The summed E-state index contributed by atoms with van der Waals surface area (Å²) in [5.74, 6) is -0.707. The van der Waals surface area contributed by atoms with Crippen molar-refractivity contribution in [2.45, 2.75) is 38.8 Å². The van der Waals surface area contributed by atoms with Crippen molar-refractivity contribution in [1.29, 1.82) is 5.41 Å². The molecule has 2 saturated heterocycles. The van der Waals surface area contributed by atoms with Gasteiger partial charge in [0.1, 0.15) is 5.84 Å². The SMILES string of the molecule is CCCCN1C(=O)C2C(C)NC(c3ccc(C(=N)N)cc3)C2C1=O.Cl. The number of amidine groups is 1. The highest BCUT2D eigenvalue weighted by molar-refractivity contribution is 6.06. The number of imide groups is 1. The fourth-order valence-electron chi connectivity index (χ4n) is 3.85. The number of benzene rings is 1. The fourth-order valence-corrected chi connectivity index (χ4v) is 3.85. The molecule has 4 atom stereocenters. The van der Waals surface area contributed by atoms with Gasteiger partial charge >= 0.3 is 0 Å². The molecule has 6 nitrogen and oxygen atoms in total. The quantitative estimate of drug-likeness (QED) is 0.421. The van der Waals surface area contributed by atoms with Crippen LogP contribution in [0.5, 0.6) is 0 Å². The van der Waals surface area contributed by atoms with E-state index in [1.807, 2.05) is 19.1 Å². The summed E-state index contributed by atoms with van der Waals surface area (Å²) in [7, 11) is 0. The zero-order valence-corrected chi connectivity index (χ0v) is 15.3. The number of rotatable bonds is 5. The number of nitrogen functional groups attached to an aromatic ring is 1. The summed E-state index contributed by atoms with van der Waals surface area (Å²) < 4.78 is 0. The number of halogens is 1. The Morgan fingerprint density at radius 3 is 2.36 bits per heavy atom. The van der Waals surface area contributed by atoms with Gasteiger partial charge in [0.05, 0.1) is 11.8 Å². The van der Waals surface area contributed by atoms with Crippen molar-refractivity contribution in [3.63, 3.8) is 0 Å². The second kappa shape index (κ2) is 7.54. The first-order valence-corrected chi connectivity index (χ1v) is 8.51.